The minimum Gasteiger partial charge on any atom is -0.369 e. The van der Waals surface area contributed by atoms with Crippen LogP contribution in [0.1, 0.15) is 11.1 Å². The zero-order chi connectivity index (χ0) is 14.3. The van der Waals surface area contributed by atoms with Crippen molar-refractivity contribution in [3.05, 3.63) is 53.3 Å². The van der Waals surface area contributed by atoms with E-state index in [0.29, 0.717) is 22.3 Å². The van der Waals surface area contributed by atoms with Gasteiger partial charge in [-0.2, -0.15) is 5.26 Å². The Morgan fingerprint density at radius 1 is 1.30 bits per heavy atom. The molecule has 0 unspecified atom stereocenters. The molecule has 0 aliphatic rings. The molecule has 3 rings (SSSR count). The zero-order valence-corrected chi connectivity index (χ0v) is 10.8. The first-order valence-corrected chi connectivity index (χ1v) is 6.05. The van der Waals surface area contributed by atoms with E-state index in [1.165, 1.54) is 12.1 Å². The van der Waals surface area contributed by atoms with Gasteiger partial charge in [-0.1, -0.05) is 12.1 Å². The minimum atomic E-state index is -0.344. The zero-order valence-electron chi connectivity index (χ0n) is 10.8. The fraction of sp³-hybridized carbons (Fsp3) is 0.0667. The van der Waals surface area contributed by atoms with Crippen molar-refractivity contribution >= 4 is 17.0 Å². The second kappa shape index (κ2) is 4.35. The van der Waals surface area contributed by atoms with Crippen LogP contribution in [0.3, 0.4) is 0 Å². The monoisotopic (exact) mass is 266 g/mol. The third-order valence-electron chi connectivity index (χ3n) is 3.24. The summed E-state index contributed by atoms with van der Waals surface area (Å²) in [5.41, 5.74) is 9.11. The maximum atomic E-state index is 13.5. The molecule has 20 heavy (non-hydrogen) atoms. The minimum absolute atomic E-state index is 0.233. The molecule has 0 saturated heterocycles. The van der Waals surface area contributed by atoms with Crippen molar-refractivity contribution < 1.29 is 4.39 Å². The molecule has 0 amide bonds. The Balaban J connectivity index is 2.40. The van der Waals surface area contributed by atoms with Crippen LogP contribution in [0, 0.1) is 24.1 Å². The number of nitrogen functional groups attached to an aromatic ring is 1. The van der Waals surface area contributed by atoms with Crippen molar-refractivity contribution in [2.24, 2.45) is 0 Å². The summed E-state index contributed by atoms with van der Waals surface area (Å²) in [6.45, 7) is 1.87. The molecule has 0 bridgehead atoms. The number of imidazole rings is 1. The number of hydrogen-bond acceptors (Lipinski definition) is 3. The lowest BCUT2D eigenvalue weighted by molar-refractivity contribution is 0.626. The van der Waals surface area contributed by atoms with Crippen LogP contribution in [0.2, 0.25) is 0 Å². The fourth-order valence-electron chi connectivity index (χ4n) is 2.28. The predicted molar refractivity (Wildman–Crippen MR) is 74.9 cm³/mol. The highest BCUT2D eigenvalue weighted by Crippen LogP contribution is 2.27. The van der Waals surface area contributed by atoms with Crippen LogP contribution in [-0.2, 0) is 0 Å². The highest BCUT2D eigenvalue weighted by atomic mass is 19.1. The van der Waals surface area contributed by atoms with Crippen molar-refractivity contribution in [2.45, 2.75) is 6.92 Å². The van der Waals surface area contributed by atoms with Crippen molar-refractivity contribution in [1.82, 2.24) is 9.55 Å². The van der Waals surface area contributed by atoms with E-state index in [0.717, 1.165) is 5.56 Å². The molecule has 0 aliphatic heterocycles. The average Bonchev–Trinajstić information content (AvgIpc) is 2.77. The summed E-state index contributed by atoms with van der Waals surface area (Å²) in [5, 5.41) is 9.10. The largest absolute Gasteiger partial charge is 0.369 e. The van der Waals surface area contributed by atoms with E-state index < -0.39 is 0 Å². The Bertz CT molecular complexity index is 858. The molecule has 0 fully saturated rings. The van der Waals surface area contributed by atoms with E-state index in [-0.39, 0.29) is 11.8 Å². The molecule has 1 heterocycles. The van der Waals surface area contributed by atoms with Gasteiger partial charge >= 0.3 is 0 Å². The molecule has 3 aromatic rings. The number of fused-ring (bicyclic) bond motifs is 1. The van der Waals surface area contributed by atoms with E-state index in [1.807, 2.05) is 13.0 Å². The summed E-state index contributed by atoms with van der Waals surface area (Å²) in [5.74, 6) is -0.111. The van der Waals surface area contributed by atoms with E-state index in [1.54, 1.807) is 22.8 Å². The number of halogens is 1. The number of nitriles is 1. The number of aryl methyl sites for hydroxylation is 1. The highest BCUT2D eigenvalue weighted by Gasteiger charge is 2.14. The van der Waals surface area contributed by atoms with Gasteiger partial charge in [0.2, 0.25) is 5.95 Å². The number of para-hydroxylation sites is 1. The van der Waals surface area contributed by atoms with Crippen molar-refractivity contribution in [1.29, 1.82) is 5.26 Å². The summed E-state index contributed by atoms with van der Waals surface area (Å²) >= 11 is 0. The van der Waals surface area contributed by atoms with Crippen LogP contribution in [0.5, 0.6) is 0 Å². The van der Waals surface area contributed by atoms with Crippen molar-refractivity contribution in [3.63, 3.8) is 0 Å². The molecule has 5 heteroatoms. The lowest BCUT2D eigenvalue weighted by Crippen LogP contribution is -2.03. The average molecular weight is 266 g/mol. The molecule has 0 saturated carbocycles. The molecule has 0 spiro atoms. The summed E-state index contributed by atoms with van der Waals surface area (Å²) in [4.78, 5) is 4.23. The number of aromatic nitrogens is 2. The number of rotatable bonds is 1. The first-order chi connectivity index (χ1) is 9.61. The van der Waals surface area contributed by atoms with E-state index in [9.17, 15) is 4.39 Å². The SMILES string of the molecule is Cc1ccc(F)cc1-n1c(N)nc2c(C#N)cccc21. The van der Waals surface area contributed by atoms with Gasteiger partial charge in [0.25, 0.3) is 0 Å². The lowest BCUT2D eigenvalue weighted by Gasteiger charge is -2.10. The topological polar surface area (TPSA) is 67.6 Å². The summed E-state index contributed by atoms with van der Waals surface area (Å²) in [7, 11) is 0. The standard InChI is InChI=1S/C15H11FN4/c1-9-5-6-11(16)7-13(9)20-12-4-2-3-10(8-17)14(12)19-15(20)18/h2-7H,1H3,(H2,18,19). The van der Waals surface area contributed by atoms with Gasteiger partial charge in [-0.05, 0) is 36.8 Å². The van der Waals surface area contributed by atoms with Gasteiger partial charge in [0, 0.05) is 0 Å². The quantitative estimate of drug-likeness (QED) is 0.736. The molecule has 4 nitrogen and oxygen atoms in total. The lowest BCUT2D eigenvalue weighted by atomic mass is 10.1. The van der Waals surface area contributed by atoms with E-state index in [2.05, 4.69) is 11.1 Å². The number of nitrogens with zero attached hydrogens (tertiary/aromatic N) is 3. The molecule has 1 aromatic heterocycles. The van der Waals surface area contributed by atoms with Gasteiger partial charge in [-0.15, -0.1) is 0 Å². The normalized spacial score (nSPS) is 10.7. The molecule has 2 aromatic carbocycles. The molecule has 98 valence electrons. The Hall–Kier alpha value is -2.87. The number of anilines is 1. The van der Waals surface area contributed by atoms with Crippen molar-refractivity contribution in [2.75, 3.05) is 5.73 Å². The first-order valence-electron chi connectivity index (χ1n) is 6.05. The second-order valence-electron chi connectivity index (χ2n) is 4.52. The second-order valence-corrected chi connectivity index (χ2v) is 4.52. The summed E-state index contributed by atoms with van der Waals surface area (Å²) < 4.78 is 15.2. The van der Waals surface area contributed by atoms with E-state index in [4.69, 9.17) is 11.0 Å². The van der Waals surface area contributed by atoms with Gasteiger partial charge in [0.1, 0.15) is 17.4 Å². The maximum Gasteiger partial charge on any atom is 0.205 e. The van der Waals surface area contributed by atoms with Gasteiger partial charge in [0.15, 0.2) is 0 Å². The Morgan fingerprint density at radius 3 is 2.85 bits per heavy atom. The Morgan fingerprint density at radius 2 is 2.10 bits per heavy atom. The Labute approximate surface area is 114 Å². The van der Waals surface area contributed by atoms with Gasteiger partial charge in [-0.25, -0.2) is 9.37 Å². The van der Waals surface area contributed by atoms with Crippen LogP contribution >= 0.6 is 0 Å². The molecule has 2 N–H and O–H groups in total. The highest BCUT2D eigenvalue weighted by molar-refractivity contribution is 5.86. The Kier molecular flexibility index (Phi) is 2.65. The molecular formula is C15H11FN4. The smallest absolute Gasteiger partial charge is 0.205 e. The summed E-state index contributed by atoms with van der Waals surface area (Å²) in [6.07, 6.45) is 0. The fourth-order valence-corrected chi connectivity index (χ4v) is 2.28. The van der Waals surface area contributed by atoms with Gasteiger partial charge in [-0.3, -0.25) is 4.57 Å². The maximum absolute atomic E-state index is 13.5. The number of hydrogen-bond donors (Lipinski definition) is 1. The number of benzene rings is 2. The first kappa shape index (κ1) is 12.2. The van der Waals surface area contributed by atoms with Gasteiger partial charge in [0.05, 0.1) is 16.8 Å². The third kappa shape index (κ3) is 1.70. The number of nitrogens with two attached hydrogens (primary N) is 1. The molecular weight excluding hydrogens is 255 g/mol. The van der Waals surface area contributed by atoms with Crippen LogP contribution in [0.4, 0.5) is 10.3 Å². The summed E-state index contributed by atoms with van der Waals surface area (Å²) in [6, 6.07) is 11.8. The van der Waals surface area contributed by atoms with Crippen LogP contribution < -0.4 is 5.73 Å². The third-order valence-corrected chi connectivity index (χ3v) is 3.24. The molecule has 0 radical (unpaired) electrons. The van der Waals surface area contributed by atoms with Crippen LogP contribution in [-0.4, -0.2) is 9.55 Å². The van der Waals surface area contributed by atoms with E-state index >= 15 is 0 Å². The predicted octanol–water partition coefficient (Wildman–Crippen LogP) is 2.93. The van der Waals surface area contributed by atoms with Crippen LogP contribution in [0.25, 0.3) is 16.7 Å². The molecule has 0 aliphatic carbocycles. The van der Waals surface area contributed by atoms with Crippen LogP contribution in [0.15, 0.2) is 36.4 Å². The van der Waals surface area contributed by atoms with Crippen molar-refractivity contribution in [3.8, 4) is 11.8 Å². The van der Waals surface area contributed by atoms with Gasteiger partial charge < -0.3 is 5.73 Å². The molecule has 0 atom stereocenters.